The molecule has 2 rings (SSSR count). The summed E-state index contributed by atoms with van der Waals surface area (Å²) < 4.78 is 26.0. The number of allylic oxidation sites excluding steroid dienone is 1. The average Bonchev–Trinajstić information content (AvgIpc) is 2.74. The highest BCUT2D eigenvalue weighted by molar-refractivity contribution is 5.95. The Labute approximate surface area is 117 Å². The van der Waals surface area contributed by atoms with E-state index in [1.807, 2.05) is 0 Å². The molecule has 1 unspecified atom stereocenters. The summed E-state index contributed by atoms with van der Waals surface area (Å²) >= 11 is 0. The predicted octanol–water partition coefficient (Wildman–Crippen LogP) is 1.41. The average molecular weight is 299 g/mol. The third-order valence-electron chi connectivity index (χ3n) is 2.90. The van der Waals surface area contributed by atoms with Gasteiger partial charge in [0.1, 0.15) is 0 Å². The lowest BCUT2D eigenvalue weighted by Gasteiger charge is -2.31. The maximum absolute atomic E-state index is 13.0. The number of aliphatic hydroxyl groups is 1. The van der Waals surface area contributed by atoms with Crippen molar-refractivity contribution in [1.82, 2.24) is 10.4 Å². The van der Waals surface area contributed by atoms with Gasteiger partial charge in [-0.2, -0.15) is 0 Å². The summed E-state index contributed by atoms with van der Waals surface area (Å²) in [6.07, 6.45) is -2.43. The number of hydrogen-bond acceptors (Lipinski definition) is 5. The van der Waals surface area contributed by atoms with Crippen molar-refractivity contribution in [3.05, 3.63) is 51.7 Å². The molecule has 7 nitrogen and oxygen atoms in total. The fraction of sp³-hybridized carbons (Fsp3) is 0.250. The first-order chi connectivity index (χ1) is 9.75. The van der Waals surface area contributed by atoms with Gasteiger partial charge in [-0.3, -0.25) is 20.3 Å². The zero-order chi connectivity index (χ0) is 15.8. The van der Waals surface area contributed by atoms with E-state index >= 15 is 0 Å². The minimum absolute atomic E-state index is 0.164. The number of halogens is 2. The van der Waals surface area contributed by atoms with Gasteiger partial charge in [0, 0.05) is 23.4 Å². The van der Waals surface area contributed by atoms with Crippen LogP contribution in [0.4, 0.5) is 14.5 Å². The summed E-state index contributed by atoms with van der Waals surface area (Å²) in [4.78, 5) is 22.2. The van der Waals surface area contributed by atoms with Crippen molar-refractivity contribution in [2.75, 3.05) is 0 Å². The van der Waals surface area contributed by atoms with Crippen LogP contribution in [0, 0.1) is 10.1 Å². The monoisotopic (exact) mass is 299 g/mol. The number of nitro benzene ring substituents is 1. The molecule has 1 aromatic carbocycles. The number of nitrogens with zero attached hydrogens (tertiary/aromatic N) is 2. The van der Waals surface area contributed by atoms with E-state index in [2.05, 4.69) is 5.43 Å². The van der Waals surface area contributed by atoms with Crippen molar-refractivity contribution >= 4 is 11.6 Å². The number of nitrogens with one attached hydrogen (secondary N) is 1. The van der Waals surface area contributed by atoms with Crippen LogP contribution in [-0.4, -0.2) is 33.1 Å². The van der Waals surface area contributed by atoms with E-state index in [0.29, 0.717) is 5.01 Å². The highest BCUT2D eigenvalue weighted by atomic mass is 19.3. The zero-order valence-electron chi connectivity index (χ0n) is 10.8. The van der Waals surface area contributed by atoms with Crippen LogP contribution in [0.1, 0.15) is 17.3 Å². The molecule has 0 spiro atoms. The fourth-order valence-electron chi connectivity index (χ4n) is 1.94. The molecule has 1 aliphatic heterocycles. The molecule has 21 heavy (non-hydrogen) atoms. The van der Waals surface area contributed by atoms with Gasteiger partial charge in [-0.25, -0.2) is 13.8 Å². The Hall–Kier alpha value is -2.55. The fourth-order valence-corrected chi connectivity index (χ4v) is 1.94. The second kappa shape index (κ2) is 5.09. The molecule has 1 amide bonds. The molecule has 1 atom stereocenters. The van der Waals surface area contributed by atoms with Crippen LogP contribution in [0.5, 0.6) is 0 Å². The lowest BCUT2D eigenvalue weighted by molar-refractivity contribution is -0.384. The third-order valence-corrected chi connectivity index (χ3v) is 2.90. The quantitative estimate of drug-likeness (QED) is 0.650. The van der Waals surface area contributed by atoms with Crippen LogP contribution in [0.3, 0.4) is 0 Å². The second-order valence-electron chi connectivity index (χ2n) is 4.47. The van der Waals surface area contributed by atoms with E-state index in [9.17, 15) is 28.8 Å². The van der Waals surface area contributed by atoms with Crippen molar-refractivity contribution in [2.24, 2.45) is 0 Å². The van der Waals surface area contributed by atoms with Gasteiger partial charge in [-0.1, -0.05) is 6.07 Å². The first kappa shape index (κ1) is 14.9. The van der Waals surface area contributed by atoms with Gasteiger partial charge in [-0.15, -0.1) is 0 Å². The van der Waals surface area contributed by atoms with Crippen molar-refractivity contribution in [3.63, 3.8) is 0 Å². The Kier molecular flexibility index (Phi) is 3.60. The summed E-state index contributed by atoms with van der Waals surface area (Å²) in [5.74, 6) is -1.01. The molecule has 0 aliphatic carbocycles. The zero-order valence-corrected chi connectivity index (χ0v) is 10.8. The molecule has 112 valence electrons. The summed E-state index contributed by atoms with van der Waals surface area (Å²) in [7, 11) is 0. The smallest absolute Gasteiger partial charge is 0.291 e. The molecule has 1 aromatic rings. The largest absolute Gasteiger partial charge is 0.361 e. The van der Waals surface area contributed by atoms with Crippen molar-refractivity contribution in [2.45, 2.75) is 19.1 Å². The minimum atomic E-state index is -3.25. The van der Waals surface area contributed by atoms with Crippen molar-refractivity contribution < 1.29 is 23.6 Å². The highest BCUT2D eigenvalue weighted by Crippen LogP contribution is 2.29. The number of rotatable bonds is 3. The molecule has 0 bridgehead atoms. The maximum atomic E-state index is 13.0. The molecule has 0 fully saturated rings. The molecule has 0 saturated carbocycles. The number of benzene rings is 1. The lowest BCUT2D eigenvalue weighted by atomic mass is 10.1. The van der Waals surface area contributed by atoms with Gasteiger partial charge >= 0.3 is 0 Å². The van der Waals surface area contributed by atoms with Crippen LogP contribution in [0.15, 0.2) is 36.0 Å². The molecule has 0 radical (unpaired) electrons. The number of carbonyl (C=O) groups is 1. The van der Waals surface area contributed by atoms with Gasteiger partial charge in [0.05, 0.1) is 4.92 Å². The van der Waals surface area contributed by atoms with E-state index in [1.54, 1.807) is 0 Å². The second-order valence-corrected chi connectivity index (χ2v) is 4.47. The van der Waals surface area contributed by atoms with E-state index in [-0.39, 0.29) is 16.9 Å². The molecule has 2 N–H and O–H groups in total. The summed E-state index contributed by atoms with van der Waals surface area (Å²) in [6.45, 7) is 1.40. The Morgan fingerprint density at radius 3 is 2.76 bits per heavy atom. The standard InChI is InChI=1S/C12H11F2N3O4/c1-7-6-12(19,11(13)14)16(15-7)10(18)8-3-2-4-9(5-8)17(20)21/h2-6,11,15,19H,1H3. The number of carbonyl (C=O) groups excluding carboxylic acids is 1. The number of non-ortho nitro benzene ring substituents is 1. The number of hydrogen-bond donors (Lipinski definition) is 2. The summed E-state index contributed by atoms with van der Waals surface area (Å²) in [5.41, 5.74) is -0.870. The van der Waals surface area contributed by atoms with Gasteiger partial charge in [0.15, 0.2) is 0 Å². The van der Waals surface area contributed by atoms with Crippen LogP contribution in [0.25, 0.3) is 0 Å². The van der Waals surface area contributed by atoms with Gasteiger partial charge < -0.3 is 5.11 Å². The summed E-state index contributed by atoms with van der Waals surface area (Å²) in [6, 6.07) is 4.60. The summed E-state index contributed by atoms with van der Waals surface area (Å²) in [5, 5.41) is 20.9. The van der Waals surface area contributed by atoms with Gasteiger partial charge in [0.2, 0.25) is 5.72 Å². The first-order valence-electron chi connectivity index (χ1n) is 5.81. The predicted molar refractivity (Wildman–Crippen MR) is 67.1 cm³/mol. The SMILES string of the molecule is CC1=CC(O)(C(F)F)N(C(=O)c2cccc([N+](=O)[O-])c2)N1. The number of hydrazine groups is 1. The normalized spacial score (nSPS) is 21.2. The Bertz CT molecular complexity index is 635. The van der Waals surface area contributed by atoms with Crippen LogP contribution >= 0.6 is 0 Å². The van der Waals surface area contributed by atoms with Gasteiger partial charge in [0.25, 0.3) is 18.0 Å². The van der Waals surface area contributed by atoms with E-state index in [1.165, 1.54) is 19.1 Å². The van der Waals surface area contributed by atoms with Crippen LogP contribution in [-0.2, 0) is 0 Å². The van der Waals surface area contributed by atoms with Crippen LogP contribution in [0.2, 0.25) is 0 Å². The van der Waals surface area contributed by atoms with Crippen LogP contribution < -0.4 is 5.43 Å². The van der Waals surface area contributed by atoms with E-state index in [4.69, 9.17) is 0 Å². The Balaban J connectivity index is 2.36. The molecule has 0 saturated heterocycles. The molecular weight excluding hydrogens is 288 g/mol. The molecule has 0 aromatic heterocycles. The van der Waals surface area contributed by atoms with E-state index in [0.717, 1.165) is 18.2 Å². The Morgan fingerprint density at radius 1 is 1.52 bits per heavy atom. The number of amides is 1. The molecule has 1 heterocycles. The minimum Gasteiger partial charge on any atom is -0.361 e. The van der Waals surface area contributed by atoms with Crippen molar-refractivity contribution in [3.8, 4) is 0 Å². The number of alkyl halides is 2. The van der Waals surface area contributed by atoms with Crippen molar-refractivity contribution in [1.29, 1.82) is 0 Å². The number of nitro groups is 1. The molecule has 1 aliphatic rings. The highest BCUT2D eigenvalue weighted by Gasteiger charge is 2.49. The van der Waals surface area contributed by atoms with Gasteiger partial charge in [-0.05, 0) is 19.1 Å². The lowest BCUT2D eigenvalue weighted by Crippen LogP contribution is -2.56. The third kappa shape index (κ3) is 2.55. The Morgan fingerprint density at radius 2 is 2.19 bits per heavy atom. The molecule has 9 heteroatoms. The van der Waals surface area contributed by atoms with E-state index < -0.39 is 23.0 Å². The first-order valence-corrected chi connectivity index (χ1v) is 5.81. The molecular formula is C12H11F2N3O4. The maximum Gasteiger partial charge on any atom is 0.291 e. The topological polar surface area (TPSA) is 95.7 Å².